The van der Waals surface area contributed by atoms with Crippen molar-refractivity contribution in [2.75, 3.05) is 7.11 Å². The molecule has 0 aromatic heterocycles. The summed E-state index contributed by atoms with van der Waals surface area (Å²) in [5, 5.41) is 6.06. The number of fused-ring (bicyclic) bond motifs is 4. The SMILES string of the molecule is COC(=O)[C@H]1[C@@H](NC(=O)[C@@H]2[C@@H](NC(=O)OC(C)(C)C)[C@@H]3C=C[C@H]2C3)[C@@H]2C=C[C@H]1C2. The first-order valence-corrected chi connectivity index (χ1v) is 10.4. The Morgan fingerprint density at radius 3 is 1.90 bits per heavy atom. The van der Waals surface area contributed by atoms with E-state index in [0.717, 1.165) is 12.8 Å². The van der Waals surface area contributed by atoms with Crippen molar-refractivity contribution in [1.82, 2.24) is 10.6 Å². The number of carbonyl (C=O) groups excluding carboxylic acids is 3. The minimum absolute atomic E-state index is 0.0886. The molecule has 4 bridgehead atoms. The number of ether oxygens (including phenoxy) is 2. The predicted molar refractivity (Wildman–Crippen MR) is 106 cm³/mol. The molecule has 0 aromatic carbocycles. The molecule has 0 aromatic rings. The lowest BCUT2D eigenvalue weighted by molar-refractivity contribution is -0.147. The van der Waals surface area contributed by atoms with Crippen molar-refractivity contribution in [2.45, 2.75) is 51.3 Å². The van der Waals surface area contributed by atoms with Gasteiger partial charge in [-0.15, -0.1) is 0 Å². The number of carbonyl (C=O) groups is 3. The van der Waals surface area contributed by atoms with Crippen LogP contribution in [0.2, 0.25) is 0 Å². The highest BCUT2D eigenvalue weighted by molar-refractivity contribution is 5.84. The van der Waals surface area contributed by atoms with Crippen LogP contribution in [-0.4, -0.2) is 42.8 Å². The van der Waals surface area contributed by atoms with Crippen LogP contribution in [0, 0.1) is 35.5 Å². The molecule has 0 heterocycles. The average molecular weight is 402 g/mol. The maximum absolute atomic E-state index is 13.3. The summed E-state index contributed by atoms with van der Waals surface area (Å²) in [6.45, 7) is 5.44. The molecule has 0 aliphatic heterocycles. The van der Waals surface area contributed by atoms with Crippen molar-refractivity contribution in [1.29, 1.82) is 0 Å². The quantitative estimate of drug-likeness (QED) is 0.555. The van der Waals surface area contributed by atoms with Crippen molar-refractivity contribution >= 4 is 18.0 Å². The molecule has 7 nitrogen and oxygen atoms in total. The van der Waals surface area contributed by atoms with Gasteiger partial charge in [0.05, 0.1) is 25.0 Å². The smallest absolute Gasteiger partial charge is 0.407 e. The van der Waals surface area contributed by atoms with Crippen LogP contribution in [0.5, 0.6) is 0 Å². The number of alkyl carbamates (subject to hydrolysis) is 1. The molecule has 0 saturated heterocycles. The summed E-state index contributed by atoms with van der Waals surface area (Å²) in [6.07, 6.45) is 9.50. The van der Waals surface area contributed by atoms with Gasteiger partial charge in [0.2, 0.25) is 5.91 Å². The van der Waals surface area contributed by atoms with Gasteiger partial charge in [-0.05, 0) is 57.3 Å². The Morgan fingerprint density at radius 2 is 1.34 bits per heavy atom. The molecule has 0 spiro atoms. The first-order chi connectivity index (χ1) is 13.7. The number of rotatable bonds is 4. The molecule has 4 aliphatic rings. The highest BCUT2D eigenvalue weighted by Crippen LogP contribution is 2.46. The summed E-state index contributed by atoms with van der Waals surface area (Å²) in [5.41, 5.74) is -0.599. The number of amides is 2. The molecule has 4 rings (SSSR count). The van der Waals surface area contributed by atoms with Crippen molar-refractivity contribution < 1.29 is 23.9 Å². The van der Waals surface area contributed by atoms with Gasteiger partial charge in [-0.2, -0.15) is 0 Å². The fraction of sp³-hybridized carbons (Fsp3) is 0.682. The zero-order valence-electron chi connectivity index (χ0n) is 17.4. The van der Waals surface area contributed by atoms with E-state index in [1.807, 2.05) is 20.8 Å². The van der Waals surface area contributed by atoms with Crippen LogP contribution in [0.3, 0.4) is 0 Å². The van der Waals surface area contributed by atoms with Crippen molar-refractivity contribution in [3.8, 4) is 0 Å². The van der Waals surface area contributed by atoms with Gasteiger partial charge in [0, 0.05) is 6.04 Å². The molecule has 2 N–H and O–H groups in total. The lowest BCUT2D eigenvalue weighted by atomic mass is 9.85. The third-order valence-corrected chi connectivity index (χ3v) is 6.69. The van der Waals surface area contributed by atoms with Gasteiger partial charge in [0.1, 0.15) is 5.60 Å². The highest BCUT2D eigenvalue weighted by Gasteiger charge is 2.53. The molecule has 2 saturated carbocycles. The Morgan fingerprint density at radius 1 is 0.828 bits per heavy atom. The van der Waals surface area contributed by atoms with E-state index in [-0.39, 0.29) is 59.5 Å². The molecule has 7 heteroatoms. The fourth-order valence-corrected chi connectivity index (χ4v) is 5.56. The highest BCUT2D eigenvalue weighted by atomic mass is 16.6. The van der Waals surface area contributed by atoms with Crippen LogP contribution in [0.1, 0.15) is 33.6 Å². The van der Waals surface area contributed by atoms with Crippen LogP contribution in [0.4, 0.5) is 4.79 Å². The molecule has 0 unspecified atom stereocenters. The normalized spacial score (nSPS) is 38.9. The molecule has 2 amide bonds. The first kappa shape index (κ1) is 20.0. The lowest BCUT2D eigenvalue weighted by Crippen LogP contribution is -2.54. The average Bonchev–Trinajstić information content (AvgIpc) is 3.39. The number of methoxy groups -OCH3 is 1. The zero-order valence-corrected chi connectivity index (χ0v) is 17.4. The van der Waals surface area contributed by atoms with E-state index in [0.29, 0.717) is 0 Å². The minimum Gasteiger partial charge on any atom is -0.469 e. The predicted octanol–water partition coefficient (Wildman–Crippen LogP) is 2.18. The topological polar surface area (TPSA) is 93.7 Å². The Hall–Kier alpha value is -2.31. The van der Waals surface area contributed by atoms with E-state index in [2.05, 4.69) is 34.9 Å². The number of esters is 1. The van der Waals surface area contributed by atoms with E-state index in [1.54, 1.807) is 0 Å². The van der Waals surface area contributed by atoms with Gasteiger partial charge in [0.25, 0.3) is 0 Å². The molecular weight excluding hydrogens is 372 g/mol. The van der Waals surface area contributed by atoms with E-state index in [9.17, 15) is 14.4 Å². The largest absolute Gasteiger partial charge is 0.469 e. The van der Waals surface area contributed by atoms with Crippen LogP contribution in [0.15, 0.2) is 24.3 Å². The van der Waals surface area contributed by atoms with Gasteiger partial charge in [-0.1, -0.05) is 24.3 Å². The Kier molecular flexibility index (Phi) is 4.95. The van der Waals surface area contributed by atoms with Gasteiger partial charge in [-0.3, -0.25) is 9.59 Å². The van der Waals surface area contributed by atoms with Crippen LogP contribution >= 0.6 is 0 Å². The number of allylic oxidation sites excluding steroid dienone is 2. The molecule has 158 valence electrons. The van der Waals surface area contributed by atoms with Crippen LogP contribution in [-0.2, 0) is 19.1 Å². The lowest BCUT2D eigenvalue weighted by Gasteiger charge is -2.32. The molecule has 4 aliphatic carbocycles. The van der Waals surface area contributed by atoms with Gasteiger partial charge >= 0.3 is 12.1 Å². The summed E-state index contributed by atoms with van der Waals surface area (Å²) in [6, 6.07) is -0.555. The summed E-state index contributed by atoms with van der Waals surface area (Å²) >= 11 is 0. The zero-order chi connectivity index (χ0) is 20.9. The van der Waals surface area contributed by atoms with E-state index in [1.165, 1.54) is 7.11 Å². The maximum atomic E-state index is 13.3. The third kappa shape index (κ3) is 3.67. The first-order valence-electron chi connectivity index (χ1n) is 10.4. The number of hydrogen-bond acceptors (Lipinski definition) is 5. The second kappa shape index (κ2) is 7.18. The summed E-state index contributed by atoms with van der Waals surface area (Å²) in [4.78, 5) is 37.9. The second-order valence-corrected chi connectivity index (χ2v) is 9.68. The Bertz CT molecular complexity index is 768. The van der Waals surface area contributed by atoms with E-state index in [4.69, 9.17) is 9.47 Å². The fourth-order valence-electron chi connectivity index (χ4n) is 5.56. The Balaban J connectivity index is 1.47. The van der Waals surface area contributed by atoms with Gasteiger partial charge in [0.15, 0.2) is 0 Å². The van der Waals surface area contributed by atoms with Crippen LogP contribution in [0.25, 0.3) is 0 Å². The van der Waals surface area contributed by atoms with Crippen molar-refractivity contribution in [2.24, 2.45) is 35.5 Å². The molecule has 29 heavy (non-hydrogen) atoms. The Labute approximate surface area is 171 Å². The minimum atomic E-state index is -0.599. The molecular formula is C22H30N2O5. The van der Waals surface area contributed by atoms with E-state index < -0.39 is 11.7 Å². The standard InChI is InChI=1S/C22H30N2O5/c1-22(2,3)29-21(27)24-17-13-7-5-11(9-13)15(17)19(25)23-18-14-8-6-12(10-14)16(18)20(26)28-4/h5-8,11-18H,9-10H2,1-4H3,(H,23,25)(H,24,27)/t11-,12-,13+,14+,15-,16+,17-,18-/m0/s1. The summed E-state index contributed by atoms with van der Waals surface area (Å²) in [5.74, 6) is -0.603. The third-order valence-electron chi connectivity index (χ3n) is 6.69. The number of hydrogen-bond donors (Lipinski definition) is 2. The molecule has 2 fully saturated rings. The summed E-state index contributed by atoms with van der Waals surface area (Å²) < 4.78 is 10.4. The molecule has 8 atom stereocenters. The van der Waals surface area contributed by atoms with E-state index >= 15 is 0 Å². The van der Waals surface area contributed by atoms with Crippen molar-refractivity contribution in [3.63, 3.8) is 0 Å². The van der Waals surface area contributed by atoms with Crippen LogP contribution < -0.4 is 10.6 Å². The van der Waals surface area contributed by atoms with Crippen molar-refractivity contribution in [3.05, 3.63) is 24.3 Å². The van der Waals surface area contributed by atoms with Gasteiger partial charge < -0.3 is 20.1 Å². The second-order valence-electron chi connectivity index (χ2n) is 9.68. The van der Waals surface area contributed by atoms with Gasteiger partial charge in [-0.25, -0.2) is 4.79 Å². The molecule has 0 radical (unpaired) electrons. The summed E-state index contributed by atoms with van der Waals surface area (Å²) in [7, 11) is 1.39. The monoisotopic (exact) mass is 402 g/mol. The number of nitrogens with one attached hydrogen (secondary N) is 2. The maximum Gasteiger partial charge on any atom is 0.407 e.